The minimum atomic E-state index is 0. The average Bonchev–Trinajstić information content (AvgIpc) is 3.28. The lowest BCUT2D eigenvalue weighted by molar-refractivity contribution is 0.172. The number of rotatable bonds is 6. The molecule has 0 saturated carbocycles. The zero-order chi connectivity index (χ0) is 20.6. The lowest BCUT2D eigenvalue weighted by atomic mass is 10.2. The van der Waals surface area contributed by atoms with Crippen molar-refractivity contribution in [2.45, 2.75) is 13.0 Å². The van der Waals surface area contributed by atoms with E-state index < -0.39 is 0 Å². The molecular weight excluding hydrogens is 499 g/mol. The Labute approximate surface area is 202 Å². The molecule has 1 aliphatic rings. The third-order valence-corrected chi connectivity index (χ3v) is 5.49. The zero-order valence-electron chi connectivity index (χ0n) is 18.0. The largest absolute Gasteiger partial charge is 0.356 e. The second-order valence-electron chi connectivity index (χ2n) is 7.60. The quantitative estimate of drug-likeness (QED) is 0.302. The van der Waals surface area contributed by atoms with Gasteiger partial charge >= 0.3 is 0 Å². The second kappa shape index (κ2) is 11.9. The van der Waals surface area contributed by atoms with Gasteiger partial charge in [0.2, 0.25) is 0 Å². The van der Waals surface area contributed by atoms with Gasteiger partial charge in [-0.3, -0.25) is 9.89 Å². The van der Waals surface area contributed by atoms with Crippen LogP contribution in [0.1, 0.15) is 11.1 Å². The van der Waals surface area contributed by atoms with Gasteiger partial charge in [0.1, 0.15) is 0 Å². The third-order valence-electron chi connectivity index (χ3n) is 5.49. The number of nitrogens with zero attached hydrogens (tertiary/aromatic N) is 5. The van der Waals surface area contributed by atoms with Crippen molar-refractivity contribution >= 4 is 29.9 Å². The van der Waals surface area contributed by atoms with Crippen molar-refractivity contribution < 1.29 is 0 Å². The fraction of sp³-hybridized carbons (Fsp3) is 0.333. The van der Waals surface area contributed by atoms with Crippen molar-refractivity contribution in [1.29, 1.82) is 0 Å². The number of aliphatic imine (C=N–C) groups is 1. The maximum absolute atomic E-state index is 4.50. The van der Waals surface area contributed by atoms with Crippen LogP contribution in [0.2, 0.25) is 0 Å². The Hall–Kier alpha value is -2.39. The Kier molecular flexibility index (Phi) is 8.90. The summed E-state index contributed by atoms with van der Waals surface area (Å²) in [6, 6.07) is 20.9. The molecule has 164 valence electrons. The normalized spacial score (nSPS) is 14.9. The molecule has 4 rings (SSSR count). The summed E-state index contributed by atoms with van der Waals surface area (Å²) < 4.78 is 1.93. The molecule has 0 amide bonds. The molecule has 0 aliphatic carbocycles. The standard InChI is InChI=1S/C24H30N6.HI/c1-25-24(29-16-14-28(15-17-29)19-21-8-4-2-5-9-21)26-13-12-22-18-27-30(20-22)23-10-6-3-7-11-23;/h2-11,18,20H,12-17,19H2,1H3,(H,25,26);1H. The van der Waals surface area contributed by atoms with Crippen LogP contribution in [0.3, 0.4) is 0 Å². The summed E-state index contributed by atoms with van der Waals surface area (Å²) in [5.74, 6) is 0.991. The molecule has 1 aromatic heterocycles. The summed E-state index contributed by atoms with van der Waals surface area (Å²) >= 11 is 0. The van der Waals surface area contributed by atoms with E-state index in [4.69, 9.17) is 0 Å². The van der Waals surface area contributed by atoms with Gasteiger partial charge in [-0.25, -0.2) is 4.68 Å². The summed E-state index contributed by atoms with van der Waals surface area (Å²) in [6.07, 6.45) is 4.96. The Morgan fingerprint density at radius 3 is 2.29 bits per heavy atom. The van der Waals surface area contributed by atoms with Crippen molar-refractivity contribution in [3.8, 4) is 5.69 Å². The molecular formula is C24H31IN6. The van der Waals surface area contributed by atoms with Crippen molar-refractivity contribution in [3.05, 3.63) is 84.2 Å². The molecule has 0 unspecified atom stereocenters. The van der Waals surface area contributed by atoms with Gasteiger partial charge in [-0.15, -0.1) is 24.0 Å². The molecule has 2 heterocycles. The Bertz CT molecular complexity index is 933. The van der Waals surface area contributed by atoms with Gasteiger partial charge in [-0.2, -0.15) is 5.10 Å². The van der Waals surface area contributed by atoms with Crippen molar-refractivity contribution in [2.24, 2.45) is 4.99 Å². The van der Waals surface area contributed by atoms with E-state index in [0.717, 1.165) is 57.3 Å². The van der Waals surface area contributed by atoms with E-state index in [1.54, 1.807) is 0 Å². The van der Waals surface area contributed by atoms with Gasteiger partial charge < -0.3 is 10.2 Å². The first kappa shape index (κ1) is 23.3. The highest BCUT2D eigenvalue weighted by atomic mass is 127. The predicted octanol–water partition coefficient (Wildman–Crippen LogP) is 3.43. The Morgan fingerprint density at radius 2 is 1.61 bits per heavy atom. The van der Waals surface area contributed by atoms with E-state index >= 15 is 0 Å². The maximum atomic E-state index is 4.50. The van der Waals surface area contributed by atoms with Crippen LogP contribution in [0.4, 0.5) is 0 Å². The number of benzene rings is 2. The van der Waals surface area contributed by atoms with Crippen LogP contribution in [0.15, 0.2) is 78.0 Å². The number of hydrogen-bond donors (Lipinski definition) is 1. The Morgan fingerprint density at radius 1 is 0.935 bits per heavy atom. The molecule has 6 nitrogen and oxygen atoms in total. The Balaban J connectivity index is 0.00000272. The first-order valence-electron chi connectivity index (χ1n) is 10.6. The lowest BCUT2D eigenvalue weighted by Gasteiger charge is -2.36. The molecule has 31 heavy (non-hydrogen) atoms. The van der Waals surface area contributed by atoms with Crippen LogP contribution in [0.5, 0.6) is 0 Å². The van der Waals surface area contributed by atoms with Crippen molar-refractivity contribution in [2.75, 3.05) is 39.8 Å². The molecule has 1 N–H and O–H groups in total. The number of aromatic nitrogens is 2. The van der Waals surface area contributed by atoms with Crippen molar-refractivity contribution in [3.63, 3.8) is 0 Å². The lowest BCUT2D eigenvalue weighted by Crippen LogP contribution is -2.52. The molecule has 1 saturated heterocycles. The van der Waals surface area contributed by atoms with Crippen LogP contribution < -0.4 is 5.32 Å². The van der Waals surface area contributed by atoms with Gasteiger partial charge in [0.25, 0.3) is 0 Å². The smallest absolute Gasteiger partial charge is 0.193 e. The van der Waals surface area contributed by atoms with Crippen molar-refractivity contribution in [1.82, 2.24) is 24.9 Å². The topological polar surface area (TPSA) is 48.7 Å². The molecule has 0 atom stereocenters. The van der Waals surface area contributed by atoms with Crippen LogP contribution in [-0.4, -0.2) is 65.3 Å². The van der Waals surface area contributed by atoms with Crippen LogP contribution >= 0.6 is 24.0 Å². The average molecular weight is 530 g/mol. The molecule has 1 fully saturated rings. The third kappa shape index (κ3) is 6.54. The number of piperazine rings is 1. The van der Waals surface area contributed by atoms with E-state index in [1.807, 2.05) is 36.1 Å². The monoisotopic (exact) mass is 530 g/mol. The number of guanidine groups is 1. The van der Waals surface area contributed by atoms with E-state index in [0.29, 0.717) is 0 Å². The molecule has 0 spiro atoms. The molecule has 2 aromatic carbocycles. The highest BCUT2D eigenvalue weighted by molar-refractivity contribution is 14.0. The number of nitrogens with one attached hydrogen (secondary N) is 1. The summed E-state index contributed by atoms with van der Waals surface area (Å²) in [4.78, 5) is 9.36. The minimum absolute atomic E-state index is 0. The van der Waals surface area contributed by atoms with E-state index in [9.17, 15) is 0 Å². The van der Waals surface area contributed by atoms with Gasteiger partial charge in [0.05, 0.1) is 11.9 Å². The highest BCUT2D eigenvalue weighted by Gasteiger charge is 2.19. The molecule has 7 heteroatoms. The number of hydrogen-bond acceptors (Lipinski definition) is 3. The van der Waals surface area contributed by atoms with Gasteiger partial charge in [-0.05, 0) is 29.7 Å². The molecule has 1 aliphatic heterocycles. The van der Waals surface area contributed by atoms with Gasteiger partial charge in [0, 0.05) is 52.5 Å². The van der Waals surface area contributed by atoms with E-state index in [-0.39, 0.29) is 24.0 Å². The molecule has 3 aromatic rings. The predicted molar refractivity (Wildman–Crippen MR) is 137 cm³/mol. The molecule has 0 radical (unpaired) electrons. The first-order valence-corrected chi connectivity index (χ1v) is 10.6. The number of halogens is 1. The van der Waals surface area contributed by atoms with E-state index in [2.05, 4.69) is 73.9 Å². The van der Waals surface area contributed by atoms with Gasteiger partial charge in [-0.1, -0.05) is 48.5 Å². The summed E-state index contributed by atoms with van der Waals surface area (Å²) in [7, 11) is 1.87. The first-order chi connectivity index (χ1) is 14.8. The van der Waals surface area contributed by atoms with Crippen LogP contribution in [-0.2, 0) is 13.0 Å². The minimum Gasteiger partial charge on any atom is -0.356 e. The molecule has 0 bridgehead atoms. The van der Waals surface area contributed by atoms with Gasteiger partial charge in [0.15, 0.2) is 5.96 Å². The highest BCUT2D eigenvalue weighted by Crippen LogP contribution is 2.10. The van der Waals surface area contributed by atoms with Crippen LogP contribution in [0, 0.1) is 0 Å². The summed E-state index contributed by atoms with van der Waals surface area (Å²) in [6.45, 7) is 5.97. The van der Waals surface area contributed by atoms with Crippen LogP contribution in [0.25, 0.3) is 5.69 Å². The maximum Gasteiger partial charge on any atom is 0.193 e. The number of para-hydroxylation sites is 1. The second-order valence-corrected chi connectivity index (χ2v) is 7.60. The summed E-state index contributed by atoms with van der Waals surface area (Å²) in [5.41, 5.74) is 3.68. The summed E-state index contributed by atoms with van der Waals surface area (Å²) in [5, 5.41) is 8.00. The fourth-order valence-corrected chi connectivity index (χ4v) is 3.82. The zero-order valence-corrected chi connectivity index (χ0v) is 20.4. The van der Waals surface area contributed by atoms with E-state index in [1.165, 1.54) is 11.1 Å². The SMILES string of the molecule is CN=C(NCCc1cnn(-c2ccccc2)c1)N1CCN(Cc2ccccc2)CC1.I. The fourth-order valence-electron chi connectivity index (χ4n) is 3.82.